The predicted octanol–water partition coefficient (Wildman–Crippen LogP) is 1.72. The molecule has 1 aliphatic heterocycles. The van der Waals surface area contributed by atoms with Crippen molar-refractivity contribution in [3.63, 3.8) is 0 Å². The van der Waals surface area contributed by atoms with Gasteiger partial charge in [0.15, 0.2) is 0 Å². The summed E-state index contributed by atoms with van der Waals surface area (Å²) in [6.07, 6.45) is 0.919. The highest BCUT2D eigenvalue weighted by Gasteiger charge is 2.28. The molecule has 25 heavy (non-hydrogen) atoms. The molecule has 6 heteroatoms. The summed E-state index contributed by atoms with van der Waals surface area (Å²) in [5.41, 5.74) is 7.19. The number of benzene rings is 1. The maximum Gasteiger partial charge on any atom is 0.239 e. The summed E-state index contributed by atoms with van der Waals surface area (Å²) >= 11 is 0. The van der Waals surface area contributed by atoms with Gasteiger partial charge in [-0.3, -0.25) is 9.69 Å². The molecule has 1 fully saturated rings. The Balaban J connectivity index is 1.93. The number of hydrogen-bond donors (Lipinski definition) is 1. The van der Waals surface area contributed by atoms with Crippen molar-refractivity contribution in [2.24, 2.45) is 11.7 Å². The summed E-state index contributed by atoms with van der Waals surface area (Å²) in [7, 11) is 3.34. The third kappa shape index (κ3) is 4.86. The van der Waals surface area contributed by atoms with E-state index in [0.29, 0.717) is 0 Å². The van der Waals surface area contributed by atoms with Crippen LogP contribution in [0, 0.1) is 5.92 Å². The van der Waals surface area contributed by atoms with E-state index in [1.807, 2.05) is 30.0 Å². The minimum absolute atomic E-state index is 0.0768. The van der Waals surface area contributed by atoms with Crippen LogP contribution in [-0.4, -0.2) is 62.1 Å². The van der Waals surface area contributed by atoms with Crippen LogP contribution in [0.5, 0.6) is 11.5 Å². The summed E-state index contributed by atoms with van der Waals surface area (Å²) in [4.78, 5) is 16.7. The number of piperazine rings is 1. The van der Waals surface area contributed by atoms with Gasteiger partial charge in [0.25, 0.3) is 0 Å². The topological polar surface area (TPSA) is 68.0 Å². The van der Waals surface area contributed by atoms with Crippen LogP contribution in [0.4, 0.5) is 0 Å². The molecule has 140 valence electrons. The first-order valence-electron chi connectivity index (χ1n) is 8.97. The zero-order valence-corrected chi connectivity index (χ0v) is 15.8. The summed E-state index contributed by atoms with van der Waals surface area (Å²) < 4.78 is 10.8. The average Bonchev–Trinajstić information content (AvgIpc) is 2.66. The Kier molecular flexibility index (Phi) is 7.08. The molecule has 0 radical (unpaired) electrons. The fourth-order valence-corrected chi connectivity index (χ4v) is 3.08. The van der Waals surface area contributed by atoms with Gasteiger partial charge in [0, 0.05) is 38.3 Å². The second kappa shape index (κ2) is 9.06. The number of carbonyl (C=O) groups excluding carboxylic acids is 1. The molecule has 1 amide bonds. The molecule has 0 spiro atoms. The third-order valence-electron chi connectivity index (χ3n) is 5.11. The van der Waals surface area contributed by atoms with E-state index in [0.717, 1.165) is 56.2 Å². The van der Waals surface area contributed by atoms with E-state index in [4.69, 9.17) is 15.2 Å². The minimum Gasteiger partial charge on any atom is -0.497 e. The number of hydrogen-bond acceptors (Lipinski definition) is 5. The lowest BCUT2D eigenvalue weighted by Crippen LogP contribution is -2.54. The first kappa shape index (κ1) is 19.5. The number of methoxy groups -OCH3 is 2. The SMILES string of the molecule is CCC(C)C(N)C(=O)N1CCN(Cc2cc(OC)ccc2OC)CC1. The van der Waals surface area contributed by atoms with Gasteiger partial charge in [-0.25, -0.2) is 0 Å². The van der Waals surface area contributed by atoms with Gasteiger partial charge in [-0.1, -0.05) is 20.3 Å². The molecule has 2 N–H and O–H groups in total. The maximum absolute atomic E-state index is 12.5. The molecular formula is C19H31N3O3. The zero-order chi connectivity index (χ0) is 18.4. The molecule has 1 aromatic carbocycles. The molecule has 2 atom stereocenters. The van der Waals surface area contributed by atoms with Crippen LogP contribution in [0.3, 0.4) is 0 Å². The Morgan fingerprint density at radius 1 is 1.20 bits per heavy atom. The van der Waals surface area contributed by atoms with Crippen LogP contribution in [0.15, 0.2) is 18.2 Å². The molecule has 0 bridgehead atoms. The lowest BCUT2D eigenvalue weighted by molar-refractivity contribution is -0.135. The normalized spacial score (nSPS) is 17.9. The van der Waals surface area contributed by atoms with Crippen molar-refractivity contribution in [3.8, 4) is 11.5 Å². The number of ether oxygens (including phenoxy) is 2. The van der Waals surface area contributed by atoms with Crippen LogP contribution >= 0.6 is 0 Å². The molecule has 2 rings (SSSR count). The van der Waals surface area contributed by atoms with Crippen LogP contribution < -0.4 is 15.2 Å². The van der Waals surface area contributed by atoms with E-state index in [1.54, 1.807) is 14.2 Å². The molecule has 6 nitrogen and oxygen atoms in total. The number of nitrogens with zero attached hydrogens (tertiary/aromatic N) is 2. The van der Waals surface area contributed by atoms with Gasteiger partial charge < -0.3 is 20.1 Å². The Morgan fingerprint density at radius 3 is 2.44 bits per heavy atom. The quantitative estimate of drug-likeness (QED) is 0.812. The maximum atomic E-state index is 12.5. The molecular weight excluding hydrogens is 318 g/mol. The molecule has 1 aromatic rings. The number of nitrogens with two attached hydrogens (primary N) is 1. The van der Waals surface area contributed by atoms with E-state index >= 15 is 0 Å². The highest BCUT2D eigenvalue weighted by molar-refractivity contribution is 5.82. The number of rotatable bonds is 7. The first-order chi connectivity index (χ1) is 12.0. The average molecular weight is 349 g/mol. The fraction of sp³-hybridized carbons (Fsp3) is 0.632. The predicted molar refractivity (Wildman–Crippen MR) is 98.8 cm³/mol. The van der Waals surface area contributed by atoms with Crippen molar-refractivity contribution in [1.82, 2.24) is 9.80 Å². The van der Waals surface area contributed by atoms with Crippen molar-refractivity contribution in [3.05, 3.63) is 23.8 Å². The Hall–Kier alpha value is -1.79. The fourth-order valence-electron chi connectivity index (χ4n) is 3.08. The molecule has 0 aliphatic carbocycles. The second-order valence-corrected chi connectivity index (χ2v) is 6.69. The van der Waals surface area contributed by atoms with Gasteiger partial charge in [0.05, 0.1) is 20.3 Å². The lowest BCUT2D eigenvalue weighted by atomic mass is 9.98. The summed E-state index contributed by atoms with van der Waals surface area (Å²) in [6.45, 7) is 7.98. The van der Waals surface area contributed by atoms with Crippen molar-refractivity contribution < 1.29 is 14.3 Å². The minimum atomic E-state index is -0.393. The van der Waals surface area contributed by atoms with Crippen molar-refractivity contribution in [1.29, 1.82) is 0 Å². The third-order valence-corrected chi connectivity index (χ3v) is 5.11. The van der Waals surface area contributed by atoms with Gasteiger partial charge in [0.2, 0.25) is 5.91 Å². The first-order valence-corrected chi connectivity index (χ1v) is 8.97. The van der Waals surface area contributed by atoms with Crippen LogP contribution in [0.25, 0.3) is 0 Å². The standard InChI is InChI=1S/C19H31N3O3/c1-5-14(2)18(20)19(23)22-10-8-21(9-11-22)13-15-12-16(24-3)6-7-17(15)25-4/h6-7,12,14,18H,5,8-11,13,20H2,1-4H3. The van der Waals surface area contributed by atoms with E-state index in [1.165, 1.54) is 0 Å². The molecule has 0 saturated carbocycles. The Labute approximate surface area is 150 Å². The van der Waals surface area contributed by atoms with Crippen molar-refractivity contribution in [2.75, 3.05) is 40.4 Å². The highest BCUT2D eigenvalue weighted by Crippen LogP contribution is 2.25. The molecule has 2 unspecified atom stereocenters. The second-order valence-electron chi connectivity index (χ2n) is 6.69. The van der Waals surface area contributed by atoms with Crippen LogP contribution in [-0.2, 0) is 11.3 Å². The van der Waals surface area contributed by atoms with Gasteiger partial charge in [0.1, 0.15) is 11.5 Å². The van der Waals surface area contributed by atoms with Gasteiger partial charge in [-0.15, -0.1) is 0 Å². The largest absolute Gasteiger partial charge is 0.497 e. The monoisotopic (exact) mass is 349 g/mol. The number of carbonyl (C=O) groups is 1. The van der Waals surface area contributed by atoms with Crippen molar-refractivity contribution >= 4 is 5.91 Å². The van der Waals surface area contributed by atoms with Crippen molar-refractivity contribution in [2.45, 2.75) is 32.9 Å². The van der Waals surface area contributed by atoms with Crippen LogP contribution in [0.2, 0.25) is 0 Å². The molecule has 0 aromatic heterocycles. The summed E-state index contributed by atoms with van der Waals surface area (Å²) in [5, 5.41) is 0. The Bertz CT molecular complexity index is 571. The Morgan fingerprint density at radius 2 is 1.88 bits per heavy atom. The van der Waals surface area contributed by atoms with Gasteiger partial charge in [-0.05, 0) is 24.1 Å². The zero-order valence-electron chi connectivity index (χ0n) is 15.8. The van der Waals surface area contributed by atoms with Crippen LogP contribution in [0.1, 0.15) is 25.8 Å². The summed E-state index contributed by atoms with van der Waals surface area (Å²) in [6, 6.07) is 5.44. The van der Waals surface area contributed by atoms with E-state index in [9.17, 15) is 4.79 Å². The van der Waals surface area contributed by atoms with Gasteiger partial charge in [-0.2, -0.15) is 0 Å². The van der Waals surface area contributed by atoms with Gasteiger partial charge >= 0.3 is 0 Å². The van der Waals surface area contributed by atoms with E-state index in [2.05, 4.69) is 11.8 Å². The molecule has 1 saturated heterocycles. The number of amides is 1. The lowest BCUT2D eigenvalue weighted by Gasteiger charge is -2.36. The summed E-state index contributed by atoms with van der Waals surface area (Å²) in [5.74, 6) is 1.97. The molecule has 1 heterocycles. The smallest absolute Gasteiger partial charge is 0.239 e. The van der Waals surface area contributed by atoms with E-state index in [-0.39, 0.29) is 11.8 Å². The van der Waals surface area contributed by atoms with E-state index < -0.39 is 6.04 Å². The molecule has 1 aliphatic rings. The highest BCUT2D eigenvalue weighted by atomic mass is 16.5.